The van der Waals surface area contributed by atoms with E-state index in [4.69, 9.17) is 4.52 Å². The largest absolute Gasteiger partial charge is 0.355 e. The molecule has 0 spiro atoms. The average Bonchev–Trinajstić information content (AvgIpc) is 2.84. The van der Waals surface area contributed by atoms with Gasteiger partial charge in [0.25, 0.3) is 0 Å². The van der Waals surface area contributed by atoms with Gasteiger partial charge in [-0.2, -0.15) is 4.98 Å². The number of aryl methyl sites for hydroxylation is 1. The van der Waals surface area contributed by atoms with Gasteiger partial charge in [-0.1, -0.05) is 25.9 Å². The number of rotatable bonds is 10. The second-order valence-electron chi connectivity index (χ2n) is 4.91. The zero-order chi connectivity index (χ0) is 14.8. The molecular formula is C14H26N4O2. The fourth-order valence-corrected chi connectivity index (χ4v) is 1.92. The van der Waals surface area contributed by atoms with Crippen LogP contribution in [0.5, 0.6) is 0 Å². The van der Waals surface area contributed by atoms with Gasteiger partial charge >= 0.3 is 0 Å². The first-order valence-electron chi connectivity index (χ1n) is 7.50. The maximum absolute atomic E-state index is 11.8. The average molecular weight is 282 g/mol. The molecule has 1 aromatic rings. The summed E-state index contributed by atoms with van der Waals surface area (Å²) in [5, 5.41) is 6.82. The lowest BCUT2D eigenvalue weighted by molar-refractivity contribution is -0.122. The summed E-state index contributed by atoms with van der Waals surface area (Å²) in [7, 11) is 0. The highest BCUT2D eigenvalue weighted by Crippen LogP contribution is 2.05. The number of nitrogens with one attached hydrogen (secondary N) is 1. The zero-order valence-electron chi connectivity index (χ0n) is 12.8. The third kappa shape index (κ3) is 6.14. The van der Waals surface area contributed by atoms with Crippen molar-refractivity contribution in [1.82, 2.24) is 20.4 Å². The molecule has 1 aromatic heterocycles. The van der Waals surface area contributed by atoms with E-state index >= 15 is 0 Å². The molecule has 1 amide bonds. The molecule has 0 unspecified atom stereocenters. The van der Waals surface area contributed by atoms with E-state index in [-0.39, 0.29) is 5.91 Å². The summed E-state index contributed by atoms with van der Waals surface area (Å²) in [5.41, 5.74) is 0. The van der Waals surface area contributed by atoms with Gasteiger partial charge in [-0.05, 0) is 25.8 Å². The fraction of sp³-hybridized carbons (Fsp3) is 0.786. The van der Waals surface area contributed by atoms with Gasteiger partial charge in [-0.3, -0.25) is 9.69 Å². The van der Waals surface area contributed by atoms with Crippen molar-refractivity contribution in [2.75, 3.05) is 19.6 Å². The van der Waals surface area contributed by atoms with Gasteiger partial charge in [0.05, 0.1) is 13.1 Å². The molecule has 1 rings (SSSR count). The van der Waals surface area contributed by atoms with Crippen molar-refractivity contribution in [2.24, 2.45) is 0 Å². The minimum absolute atomic E-state index is 0.0496. The summed E-state index contributed by atoms with van der Waals surface area (Å²) in [6.07, 6.45) is 3.76. The first-order valence-corrected chi connectivity index (χ1v) is 7.50. The summed E-state index contributed by atoms with van der Waals surface area (Å²) in [6, 6.07) is 0. The van der Waals surface area contributed by atoms with E-state index in [1.807, 2.05) is 11.8 Å². The Morgan fingerprint density at radius 2 is 2.05 bits per heavy atom. The van der Waals surface area contributed by atoms with Crippen LogP contribution in [0.15, 0.2) is 4.52 Å². The van der Waals surface area contributed by atoms with Gasteiger partial charge in [0.15, 0.2) is 5.82 Å². The van der Waals surface area contributed by atoms with Crippen molar-refractivity contribution in [2.45, 2.75) is 53.0 Å². The molecule has 0 saturated heterocycles. The van der Waals surface area contributed by atoms with E-state index in [1.165, 1.54) is 0 Å². The first-order chi connectivity index (χ1) is 9.69. The van der Waals surface area contributed by atoms with Crippen LogP contribution < -0.4 is 5.32 Å². The zero-order valence-corrected chi connectivity index (χ0v) is 12.8. The summed E-state index contributed by atoms with van der Waals surface area (Å²) >= 11 is 0. The molecule has 0 atom stereocenters. The monoisotopic (exact) mass is 282 g/mol. The molecule has 0 radical (unpaired) electrons. The minimum Gasteiger partial charge on any atom is -0.355 e. The first kappa shape index (κ1) is 16.6. The number of carbonyl (C=O) groups excluding carboxylic acids is 1. The lowest BCUT2D eigenvalue weighted by Gasteiger charge is -2.18. The Kier molecular flexibility index (Phi) is 7.87. The number of amides is 1. The van der Waals surface area contributed by atoms with Gasteiger partial charge < -0.3 is 9.84 Å². The second kappa shape index (κ2) is 9.47. The summed E-state index contributed by atoms with van der Waals surface area (Å²) < 4.78 is 5.22. The summed E-state index contributed by atoms with van der Waals surface area (Å²) in [4.78, 5) is 18.1. The van der Waals surface area contributed by atoms with Crippen LogP contribution in [0, 0.1) is 0 Å². The molecule has 0 aromatic carbocycles. The topological polar surface area (TPSA) is 71.3 Å². The van der Waals surface area contributed by atoms with Crippen LogP contribution >= 0.6 is 0 Å². The Balaban J connectivity index is 2.50. The molecule has 0 fully saturated rings. The molecule has 1 heterocycles. The van der Waals surface area contributed by atoms with E-state index in [0.717, 1.165) is 44.6 Å². The Bertz CT molecular complexity index is 392. The molecule has 6 nitrogen and oxygen atoms in total. The number of carbonyl (C=O) groups is 1. The molecular weight excluding hydrogens is 256 g/mol. The van der Waals surface area contributed by atoms with Crippen LogP contribution in [0.2, 0.25) is 0 Å². The number of hydrogen-bond acceptors (Lipinski definition) is 5. The van der Waals surface area contributed by atoms with Crippen LogP contribution in [-0.4, -0.2) is 40.6 Å². The Hall–Kier alpha value is -1.43. The molecule has 0 saturated carbocycles. The van der Waals surface area contributed by atoms with Crippen LogP contribution in [0.25, 0.3) is 0 Å². The van der Waals surface area contributed by atoms with Crippen molar-refractivity contribution in [3.05, 3.63) is 11.7 Å². The molecule has 1 N–H and O–H groups in total. The van der Waals surface area contributed by atoms with Crippen LogP contribution in [-0.2, 0) is 17.8 Å². The van der Waals surface area contributed by atoms with Gasteiger partial charge in [0.2, 0.25) is 11.8 Å². The van der Waals surface area contributed by atoms with E-state index in [1.54, 1.807) is 0 Å². The highest BCUT2D eigenvalue weighted by Gasteiger charge is 2.14. The van der Waals surface area contributed by atoms with E-state index < -0.39 is 0 Å². The quantitative estimate of drug-likeness (QED) is 0.708. The predicted octanol–water partition coefficient (Wildman–Crippen LogP) is 1.76. The second-order valence-corrected chi connectivity index (χ2v) is 4.91. The van der Waals surface area contributed by atoms with E-state index in [0.29, 0.717) is 19.0 Å². The maximum Gasteiger partial charge on any atom is 0.240 e. The SMILES string of the molecule is CCCNC(=O)CN(CCC)Cc1nc(CCC)no1. The summed E-state index contributed by atoms with van der Waals surface area (Å²) in [5.74, 6) is 1.38. The third-order valence-corrected chi connectivity index (χ3v) is 2.82. The lowest BCUT2D eigenvalue weighted by atomic mass is 10.3. The highest BCUT2D eigenvalue weighted by atomic mass is 16.5. The van der Waals surface area contributed by atoms with Crippen LogP contribution in [0.1, 0.15) is 51.7 Å². The number of aromatic nitrogens is 2. The predicted molar refractivity (Wildman–Crippen MR) is 77.2 cm³/mol. The normalized spacial score (nSPS) is 11.0. The smallest absolute Gasteiger partial charge is 0.240 e. The van der Waals surface area contributed by atoms with Gasteiger partial charge in [0, 0.05) is 13.0 Å². The molecule has 0 aliphatic heterocycles. The highest BCUT2D eigenvalue weighted by molar-refractivity contribution is 5.77. The van der Waals surface area contributed by atoms with E-state index in [2.05, 4.69) is 29.3 Å². The minimum atomic E-state index is 0.0496. The molecule has 0 bridgehead atoms. The van der Waals surface area contributed by atoms with Crippen molar-refractivity contribution in [3.63, 3.8) is 0 Å². The van der Waals surface area contributed by atoms with Crippen molar-refractivity contribution in [3.8, 4) is 0 Å². The Labute approximate surface area is 120 Å². The Morgan fingerprint density at radius 3 is 2.70 bits per heavy atom. The fourth-order valence-electron chi connectivity index (χ4n) is 1.92. The van der Waals surface area contributed by atoms with Crippen molar-refractivity contribution < 1.29 is 9.32 Å². The number of hydrogen-bond donors (Lipinski definition) is 1. The molecule has 114 valence electrons. The summed E-state index contributed by atoms with van der Waals surface area (Å²) in [6.45, 7) is 8.68. The molecule has 0 aliphatic carbocycles. The number of nitrogens with zero attached hydrogens (tertiary/aromatic N) is 3. The van der Waals surface area contributed by atoms with Crippen molar-refractivity contribution >= 4 is 5.91 Å². The lowest BCUT2D eigenvalue weighted by Crippen LogP contribution is -2.37. The standard InChI is InChI=1S/C14H26N4O2/c1-4-7-12-16-14(20-17-12)11-18(9-6-3)10-13(19)15-8-5-2/h4-11H2,1-3H3,(H,15,19). The maximum atomic E-state index is 11.8. The third-order valence-electron chi connectivity index (χ3n) is 2.82. The van der Waals surface area contributed by atoms with Crippen molar-refractivity contribution in [1.29, 1.82) is 0 Å². The van der Waals surface area contributed by atoms with Gasteiger partial charge in [0.1, 0.15) is 0 Å². The Morgan fingerprint density at radius 1 is 1.25 bits per heavy atom. The van der Waals surface area contributed by atoms with Crippen LogP contribution in [0.4, 0.5) is 0 Å². The van der Waals surface area contributed by atoms with E-state index in [9.17, 15) is 4.79 Å². The van der Waals surface area contributed by atoms with Gasteiger partial charge in [-0.25, -0.2) is 0 Å². The molecule has 6 heteroatoms. The van der Waals surface area contributed by atoms with Gasteiger partial charge in [-0.15, -0.1) is 0 Å². The molecule has 20 heavy (non-hydrogen) atoms. The van der Waals surface area contributed by atoms with Crippen LogP contribution in [0.3, 0.4) is 0 Å². The molecule has 0 aliphatic rings.